The van der Waals surface area contributed by atoms with E-state index < -0.39 is 5.97 Å². The molecule has 1 aliphatic carbocycles. The molecule has 1 aliphatic rings. The largest absolute Gasteiger partial charge is 0.464 e. The minimum absolute atomic E-state index is 0.226. The average Bonchev–Trinajstić information content (AvgIpc) is 3.13. The molecule has 0 aliphatic heterocycles. The Balaban J connectivity index is 1.57. The topological polar surface area (TPSA) is 95.9 Å². The molecule has 0 bridgehead atoms. The highest BCUT2D eigenvalue weighted by molar-refractivity contribution is 5.86. The quantitative estimate of drug-likeness (QED) is 0.680. The lowest BCUT2D eigenvalue weighted by molar-refractivity contribution is 0.0594. The molecule has 23 heavy (non-hydrogen) atoms. The fourth-order valence-electron chi connectivity index (χ4n) is 2.18. The Morgan fingerprint density at radius 3 is 2.91 bits per heavy atom. The Morgan fingerprint density at radius 1 is 1.35 bits per heavy atom. The number of nitrogens with zero attached hydrogens (tertiary/aromatic N) is 5. The second-order valence-corrected chi connectivity index (χ2v) is 5.29. The van der Waals surface area contributed by atoms with Gasteiger partial charge in [0.15, 0.2) is 11.5 Å². The molecule has 0 saturated heterocycles. The maximum Gasteiger partial charge on any atom is 0.358 e. The number of hydrogen-bond acceptors (Lipinski definition) is 7. The van der Waals surface area contributed by atoms with E-state index in [9.17, 15) is 4.79 Å². The summed E-state index contributed by atoms with van der Waals surface area (Å²) < 4.78 is 11.5. The fraction of sp³-hybridized carbons (Fsp3) is 0.267. The van der Waals surface area contributed by atoms with Crippen LogP contribution >= 0.6 is 0 Å². The smallest absolute Gasteiger partial charge is 0.358 e. The van der Waals surface area contributed by atoms with Crippen LogP contribution in [0.4, 0.5) is 0 Å². The maximum atomic E-state index is 11.4. The van der Waals surface area contributed by atoms with Crippen molar-refractivity contribution in [2.75, 3.05) is 7.11 Å². The van der Waals surface area contributed by atoms with Gasteiger partial charge in [0.1, 0.15) is 12.1 Å². The fourth-order valence-corrected chi connectivity index (χ4v) is 2.18. The van der Waals surface area contributed by atoms with Gasteiger partial charge >= 0.3 is 5.97 Å². The van der Waals surface area contributed by atoms with Crippen molar-refractivity contribution < 1.29 is 14.1 Å². The summed E-state index contributed by atoms with van der Waals surface area (Å²) in [6.07, 6.45) is 6.97. The number of imidazole rings is 1. The summed E-state index contributed by atoms with van der Waals surface area (Å²) in [5.74, 6) is 1.81. The Hall–Kier alpha value is -3.03. The van der Waals surface area contributed by atoms with Crippen molar-refractivity contribution in [2.24, 2.45) is 0 Å². The normalized spacial score (nSPS) is 14.0. The van der Waals surface area contributed by atoms with E-state index in [1.165, 1.54) is 13.4 Å². The van der Waals surface area contributed by atoms with Gasteiger partial charge in [-0.1, -0.05) is 5.16 Å². The Bertz CT molecular complexity index is 848. The molecular formula is C15H13N5O3. The average molecular weight is 311 g/mol. The molecule has 3 heterocycles. The molecule has 0 aromatic carbocycles. The number of esters is 1. The summed E-state index contributed by atoms with van der Waals surface area (Å²) in [6.45, 7) is 0. The third-order valence-electron chi connectivity index (χ3n) is 3.62. The SMILES string of the molecule is COC(=O)c1cn(-c2ccc(-c3nc(C4CC4)no3)cn2)cn1. The third-order valence-corrected chi connectivity index (χ3v) is 3.62. The summed E-state index contributed by atoms with van der Waals surface area (Å²) in [4.78, 5) is 24.1. The van der Waals surface area contributed by atoms with Crippen molar-refractivity contribution in [2.45, 2.75) is 18.8 Å². The minimum atomic E-state index is -0.487. The van der Waals surface area contributed by atoms with Crippen molar-refractivity contribution in [3.05, 3.63) is 42.4 Å². The summed E-state index contributed by atoms with van der Waals surface area (Å²) in [6, 6.07) is 3.63. The first kappa shape index (κ1) is 13.6. The molecule has 3 aromatic rings. The second-order valence-electron chi connectivity index (χ2n) is 5.29. The van der Waals surface area contributed by atoms with Gasteiger partial charge in [-0.2, -0.15) is 4.98 Å². The van der Waals surface area contributed by atoms with E-state index in [0.29, 0.717) is 17.6 Å². The number of aromatic nitrogens is 5. The zero-order valence-electron chi connectivity index (χ0n) is 12.3. The lowest BCUT2D eigenvalue weighted by Gasteiger charge is -2.00. The van der Waals surface area contributed by atoms with Crippen molar-refractivity contribution in [3.63, 3.8) is 0 Å². The first-order valence-corrected chi connectivity index (χ1v) is 7.17. The Labute approximate surface area is 131 Å². The van der Waals surface area contributed by atoms with Gasteiger partial charge in [-0.15, -0.1) is 0 Å². The van der Waals surface area contributed by atoms with Crippen LogP contribution in [0.5, 0.6) is 0 Å². The molecule has 3 aromatic heterocycles. The molecule has 116 valence electrons. The monoisotopic (exact) mass is 311 g/mol. The van der Waals surface area contributed by atoms with E-state index in [0.717, 1.165) is 24.2 Å². The van der Waals surface area contributed by atoms with Crippen LogP contribution in [-0.4, -0.2) is 37.8 Å². The first-order valence-electron chi connectivity index (χ1n) is 7.17. The molecule has 0 unspecified atom stereocenters. The Kier molecular flexibility index (Phi) is 3.14. The van der Waals surface area contributed by atoms with E-state index in [1.54, 1.807) is 23.0 Å². The van der Waals surface area contributed by atoms with E-state index in [4.69, 9.17) is 4.52 Å². The molecular weight excluding hydrogens is 298 g/mol. The van der Waals surface area contributed by atoms with E-state index >= 15 is 0 Å². The molecule has 0 spiro atoms. The van der Waals surface area contributed by atoms with Gasteiger partial charge in [-0.25, -0.2) is 14.8 Å². The summed E-state index contributed by atoms with van der Waals surface area (Å²) >= 11 is 0. The van der Waals surface area contributed by atoms with Gasteiger partial charge in [0.05, 0.1) is 12.7 Å². The lowest BCUT2D eigenvalue weighted by Crippen LogP contribution is -2.01. The number of pyridine rings is 1. The van der Waals surface area contributed by atoms with Crippen LogP contribution in [0.25, 0.3) is 17.3 Å². The predicted molar refractivity (Wildman–Crippen MR) is 78.0 cm³/mol. The minimum Gasteiger partial charge on any atom is -0.464 e. The van der Waals surface area contributed by atoms with E-state index in [1.807, 2.05) is 6.07 Å². The van der Waals surface area contributed by atoms with Crippen LogP contribution in [0, 0.1) is 0 Å². The predicted octanol–water partition coefficient (Wildman–Crippen LogP) is 1.98. The number of ether oxygens (including phenoxy) is 1. The second kappa shape index (κ2) is 5.31. The van der Waals surface area contributed by atoms with Crippen molar-refractivity contribution in [1.29, 1.82) is 0 Å². The molecule has 8 heteroatoms. The number of hydrogen-bond donors (Lipinski definition) is 0. The van der Waals surface area contributed by atoms with Crippen molar-refractivity contribution in [1.82, 2.24) is 24.7 Å². The number of carbonyl (C=O) groups excluding carboxylic acids is 1. The molecule has 0 amide bonds. The number of methoxy groups -OCH3 is 1. The molecule has 0 N–H and O–H groups in total. The maximum absolute atomic E-state index is 11.4. The lowest BCUT2D eigenvalue weighted by atomic mass is 10.3. The first-order chi connectivity index (χ1) is 11.2. The molecule has 0 radical (unpaired) electrons. The Morgan fingerprint density at radius 2 is 2.22 bits per heavy atom. The highest BCUT2D eigenvalue weighted by Gasteiger charge is 2.29. The van der Waals surface area contributed by atoms with Crippen LogP contribution in [-0.2, 0) is 4.74 Å². The van der Waals surface area contributed by atoms with Crippen LogP contribution in [0.2, 0.25) is 0 Å². The highest BCUT2D eigenvalue weighted by atomic mass is 16.5. The number of carbonyl (C=O) groups is 1. The zero-order chi connectivity index (χ0) is 15.8. The van der Waals surface area contributed by atoms with Gasteiger partial charge in [-0.05, 0) is 25.0 Å². The van der Waals surface area contributed by atoms with Crippen LogP contribution < -0.4 is 0 Å². The van der Waals surface area contributed by atoms with Crippen LogP contribution in [0.3, 0.4) is 0 Å². The summed E-state index contributed by atoms with van der Waals surface area (Å²) in [5, 5.41) is 3.99. The molecule has 1 saturated carbocycles. The van der Waals surface area contributed by atoms with Crippen LogP contribution in [0.15, 0.2) is 35.4 Å². The van der Waals surface area contributed by atoms with Gasteiger partial charge in [0.25, 0.3) is 5.89 Å². The molecule has 8 nitrogen and oxygen atoms in total. The van der Waals surface area contributed by atoms with Gasteiger partial charge in [-0.3, -0.25) is 4.57 Å². The van der Waals surface area contributed by atoms with Crippen molar-refractivity contribution >= 4 is 5.97 Å². The van der Waals surface area contributed by atoms with Gasteiger partial charge in [0, 0.05) is 18.3 Å². The number of rotatable bonds is 4. The van der Waals surface area contributed by atoms with Gasteiger partial charge in [0.2, 0.25) is 0 Å². The van der Waals surface area contributed by atoms with Crippen LogP contribution in [0.1, 0.15) is 35.1 Å². The third kappa shape index (κ3) is 2.59. The molecule has 1 fully saturated rings. The summed E-state index contributed by atoms with van der Waals surface area (Å²) in [5.41, 5.74) is 0.978. The molecule has 4 rings (SSSR count). The standard InChI is InChI=1S/C15H13N5O3/c1-22-15(21)11-7-20(8-17-11)12-5-4-10(6-16-12)14-18-13(19-23-14)9-2-3-9/h4-9H,2-3H2,1H3. The van der Waals surface area contributed by atoms with E-state index in [2.05, 4.69) is 24.8 Å². The van der Waals surface area contributed by atoms with E-state index in [-0.39, 0.29) is 5.69 Å². The zero-order valence-corrected chi connectivity index (χ0v) is 12.3. The highest BCUT2D eigenvalue weighted by Crippen LogP contribution is 2.38. The van der Waals surface area contributed by atoms with Gasteiger partial charge < -0.3 is 9.26 Å². The summed E-state index contributed by atoms with van der Waals surface area (Å²) in [7, 11) is 1.31. The molecule has 0 atom stereocenters. The van der Waals surface area contributed by atoms with Crippen molar-refractivity contribution in [3.8, 4) is 17.3 Å².